The molecule has 2 nitrogen and oxygen atoms in total. The minimum absolute atomic E-state index is 0.242. The fraction of sp³-hybridized carbons (Fsp3) is 0.0870. The Kier molecular flexibility index (Phi) is 4.36. The molecule has 0 atom stereocenters. The Hall–Kier alpha value is -3.20. The molecule has 4 rings (SSSR count). The first-order valence-electron chi connectivity index (χ1n) is 8.61. The average Bonchev–Trinajstić information content (AvgIpc) is 2.68. The smallest absolute Gasteiger partial charge is 0.123 e. The number of benzene rings is 3. The van der Waals surface area contributed by atoms with Gasteiger partial charge in [0.25, 0.3) is 0 Å². The lowest BCUT2D eigenvalue weighted by Crippen LogP contribution is -2.17. The number of nitrogens with zero attached hydrogens (tertiary/aromatic N) is 2. The maximum absolute atomic E-state index is 13.4. The Morgan fingerprint density at radius 1 is 0.846 bits per heavy atom. The number of aromatic nitrogens is 1. The van der Waals surface area contributed by atoms with Crippen molar-refractivity contribution in [1.29, 1.82) is 0 Å². The van der Waals surface area contributed by atoms with E-state index in [-0.39, 0.29) is 5.82 Å². The summed E-state index contributed by atoms with van der Waals surface area (Å²) in [7, 11) is 2.06. The number of pyridine rings is 1. The molecule has 0 radical (unpaired) electrons. The van der Waals surface area contributed by atoms with Gasteiger partial charge in [-0.3, -0.25) is 0 Å². The largest absolute Gasteiger partial charge is 0.368 e. The highest BCUT2D eigenvalue weighted by molar-refractivity contribution is 5.89. The minimum Gasteiger partial charge on any atom is -0.368 e. The summed E-state index contributed by atoms with van der Waals surface area (Å²) < 4.78 is 13.4. The lowest BCUT2D eigenvalue weighted by molar-refractivity contribution is 0.628. The van der Waals surface area contributed by atoms with Crippen LogP contribution in [-0.4, -0.2) is 12.0 Å². The molecular weight excluding hydrogens is 323 g/mol. The third kappa shape index (κ3) is 3.29. The second kappa shape index (κ2) is 6.96. The lowest BCUT2D eigenvalue weighted by Gasteiger charge is -2.23. The molecule has 4 aromatic rings. The van der Waals surface area contributed by atoms with Crippen molar-refractivity contribution >= 4 is 16.6 Å². The molecule has 0 aliphatic rings. The zero-order valence-electron chi connectivity index (χ0n) is 14.6. The standard InChI is InChI=1S/C23H19FN2/c1-26(16-17-7-3-2-4-8-17)22-15-19-9-5-6-10-21(19)25-23(22)18-11-13-20(24)14-12-18/h2-15H,16H2,1H3. The van der Waals surface area contributed by atoms with Gasteiger partial charge in [0.05, 0.1) is 16.9 Å². The van der Waals surface area contributed by atoms with Gasteiger partial charge < -0.3 is 4.90 Å². The van der Waals surface area contributed by atoms with Crippen LogP contribution in [0.3, 0.4) is 0 Å². The summed E-state index contributed by atoms with van der Waals surface area (Å²) in [6, 6.07) is 27.1. The average molecular weight is 342 g/mol. The van der Waals surface area contributed by atoms with Crippen LogP contribution in [0.4, 0.5) is 10.1 Å². The van der Waals surface area contributed by atoms with Crippen molar-refractivity contribution in [3.05, 3.63) is 96.3 Å². The molecule has 3 aromatic carbocycles. The fourth-order valence-electron chi connectivity index (χ4n) is 3.16. The molecule has 1 heterocycles. The van der Waals surface area contributed by atoms with E-state index in [9.17, 15) is 4.39 Å². The van der Waals surface area contributed by atoms with Crippen LogP contribution in [0.25, 0.3) is 22.2 Å². The molecule has 0 unspecified atom stereocenters. The van der Waals surface area contributed by atoms with Crippen LogP contribution < -0.4 is 4.90 Å². The van der Waals surface area contributed by atoms with Crippen LogP contribution in [0.2, 0.25) is 0 Å². The zero-order valence-corrected chi connectivity index (χ0v) is 14.6. The summed E-state index contributed by atoms with van der Waals surface area (Å²) in [6.07, 6.45) is 0. The second-order valence-corrected chi connectivity index (χ2v) is 6.40. The molecule has 0 aliphatic carbocycles. The quantitative estimate of drug-likeness (QED) is 0.474. The van der Waals surface area contributed by atoms with Crippen LogP contribution in [0.1, 0.15) is 5.56 Å². The third-order valence-corrected chi connectivity index (χ3v) is 4.50. The van der Waals surface area contributed by atoms with Gasteiger partial charge in [0.2, 0.25) is 0 Å². The van der Waals surface area contributed by atoms with Crippen LogP contribution in [0.5, 0.6) is 0 Å². The number of rotatable bonds is 4. The molecule has 0 amide bonds. The first kappa shape index (κ1) is 16.3. The number of para-hydroxylation sites is 1. The van der Waals surface area contributed by atoms with Crippen LogP contribution in [-0.2, 0) is 6.54 Å². The number of hydrogen-bond acceptors (Lipinski definition) is 2. The summed E-state index contributed by atoms with van der Waals surface area (Å²) in [4.78, 5) is 7.06. The molecule has 0 spiro atoms. The van der Waals surface area contributed by atoms with Gasteiger partial charge in [0, 0.05) is 24.5 Å². The van der Waals surface area contributed by atoms with Gasteiger partial charge in [-0.05, 0) is 42.0 Å². The lowest BCUT2D eigenvalue weighted by atomic mass is 10.1. The van der Waals surface area contributed by atoms with Gasteiger partial charge in [-0.2, -0.15) is 0 Å². The number of fused-ring (bicyclic) bond motifs is 1. The third-order valence-electron chi connectivity index (χ3n) is 4.50. The topological polar surface area (TPSA) is 16.1 Å². The van der Waals surface area contributed by atoms with Crippen molar-refractivity contribution in [2.75, 3.05) is 11.9 Å². The predicted molar refractivity (Wildman–Crippen MR) is 106 cm³/mol. The molecule has 0 aliphatic heterocycles. The molecule has 0 bridgehead atoms. The normalized spacial score (nSPS) is 10.8. The Labute approximate surface area is 152 Å². The van der Waals surface area contributed by atoms with E-state index in [4.69, 9.17) is 4.98 Å². The van der Waals surface area contributed by atoms with Crippen molar-refractivity contribution in [3.8, 4) is 11.3 Å². The summed E-state index contributed by atoms with van der Waals surface area (Å²) in [5, 5.41) is 1.09. The van der Waals surface area contributed by atoms with Gasteiger partial charge in [0.15, 0.2) is 0 Å². The predicted octanol–water partition coefficient (Wildman–Crippen LogP) is 5.68. The van der Waals surface area contributed by atoms with Crippen molar-refractivity contribution in [1.82, 2.24) is 4.98 Å². The van der Waals surface area contributed by atoms with Gasteiger partial charge in [-0.15, -0.1) is 0 Å². The van der Waals surface area contributed by atoms with Gasteiger partial charge in [-0.25, -0.2) is 9.37 Å². The summed E-state index contributed by atoms with van der Waals surface area (Å²) in [5.74, 6) is -0.242. The molecule has 0 saturated carbocycles. The molecule has 0 saturated heterocycles. The van der Waals surface area contributed by atoms with E-state index in [2.05, 4.69) is 36.2 Å². The van der Waals surface area contributed by atoms with Gasteiger partial charge in [0.1, 0.15) is 5.82 Å². The highest BCUT2D eigenvalue weighted by atomic mass is 19.1. The molecule has 1 aromatic heterocycles. The van der Waals surface area contributed by atoms with E-state index in [1.54, 1.807) is 12.1 Å². The SMILES string of the molecule is CN(Cc1ccccc1)c1cc2ccccc2nc1-c1ccc(F)cc1. The van der Waals surface area contributed by atoms with Crippen LogP contribution >= 0.6 is 0 Å². The van der Waals surface area contributed by atoms with Gasteiger partial charge in [-0.1, -0.05) is 48.5 Å². The van der Waals surface area contributed by atoms with E-state index in [0.29, 0.717) is 0 Å². The Balaban J connectivity index is 1.83. The molecule has 26 heavy (non-hydrogen) atoms. The first-order valence-corrected chi connectivity index (χ1v) is 8.61. The summed E-state index contributed by atoms with van der Waals surface area (Å²) in [6.45, 7) is 0.773. The first-order chi connectivity index (χ1) is 12.7. The Morgan fingerprint density at radius 2 is 1.54 bits per heavy atom. The van der Waals surface area contributed by atoms with Crippen molar-refractivity contribution in [2.24, 2.45) is 0 Å². The highest BCUT2D eigenvalue weighted by Gasteiger charge is 2.13. The zero-order chi connectivity index (χ0) is 17.9. The molecule has 0 fully saturated rings. The highest BCUT2D eigenvalue weighted by Crippen LogP contribution is 2.32. The van der Waals surface area contributed by atoms with E-state index < -0.39 is 0 Å². The number of anilines is 1. The summed E-state index contributed by atoms with van der Waals surface area (Å²) in [5.41, 5.74) is 4.96. The minimum atomic E-state index is -0.242. The fourth-order valence-corrected chi connectivity index (χ4v) is 3.16. The van der Waals surface area contributed by atoms with E-state index >= 15 is 0 Å². The Bertz CT molecular complexity index is 1030. The molecule has 128 valence electrons. The van der Waals surface area contributed by atoms with E-state index in [1.165, 1.54) is 17.7 Å². The monoisotopic (exact) mass is 342 g/mol. The molecular formula is C23H19FN2. The summed E-state index contributed by atoms with van der Waals surface area (Å²) >= 11 is 0. The van der Waals surface area contributed by atoms with Crippen LogP contribution in [0.15, 0.2) is 84.9 Å². The van der Waals surface area contributed by atoms with Crippen molar-refractivity contribution < 1.29 is 4.39 Å². The maximum atomic E-state index is 13.4. The molecule has 3 heteroatoms. The second-order valence-electron chi connectivity index (χ2n) is 6.40. The van der Waals surface area contributed by atoms with Crippen molar-refractivity contribution in [2.45, 2.75) is 6.54 Å². The molecule has 0 N–H and O–H groups in total. The van der Waals surface area contributed by atoms with E-state index in [0.717, 1.165) is 34.4 Å². The van der Waals surface area contributed by atoms with Gasteiger partial charge >= 0.3 is 0 Å². The number of hydrogen-bond donors (Lipinski definition) is 0. The van der Waals surface area contributed by atoms with E-state index in [1.807, 2.05) is 36.4 Å². The maximum Gasteiger partial charge on any atom is 0.123 e. The van der Waals surface area contributed by atoms with Crippen LogP contribution in [0, 0.1) is 5.82 Å². The van der Waals surface area contributed by atoms with Crippen molar-refractivity contribution in [3.63, 3.8) is 0 Å². The number of halogens is 1. The Morgan fingerprint density at radius 3 is 2.31 bits per heavy atom.